The molecule has 0 aromatic carbocycles. The normalized spacial score (nSPS) is 15.8. The Kier molecular flexibility index (Phi) is 1.60. The maximum atomic E-state index is 4.19. The quantitative estimate of drug-likeness (QED) is 0.738. The fourth-order valence-electron chi connectivity index (χ4n) is 1.18. The zero-order valence-electron chi connectivity index (χ0n) is 6.34. The molecule has 0 saturated carbocycles. The van der Waals surface area contributed by atoms with Crippen LogP contribution in [-0.4, -0.2) is 9.78 Å². The first kappa shape index (κ1) is 7.10. The Bertz CT molecular complexity index is 312. The summed E-state index contributed by atoms with van der Waals surface area (Å²) in [6.45, 7) is 2.18. The molecule has 0 N–H and O–H groups in total. The lowest BCUT2D eigenvalue weighted by Gasteiger charge is -1.87. The van der Waals surface area contributed by atoms with E-state index in [9.17, 15) is 0 Å². The van der Waals surface area contributed by atoms with Crippen LogP contribution in [0.25, 0.3) is 5.70 Å². The number of rotatable bonds is 2. The molecule has 0 aliphatic heterocycles. The molecule has 1 aliphatic carbocycles. The van der Waals surface area contributed by atoms with Crippen molar-refractivity contribution in [2.45, 2.75) is 19.8 Å². The van der Waals surface area contributed by atoms with E-state index in [4.69, 9.17) is 0 Å². The van der Waals surface area contributed by atoms with Crippen molar-refractivity contribution in [1.29, 1.82) is 0 Å². The average molecular weight is 213 g/mol. The van der Waals surface area contributed by atoms with Crippen LogP contribution in [0.3, 0.4) is 0 Å². The summed E-state index contributed by atoms with van der Waals surface area (Å²) in [7, 11) is 0. The monoisotopic (exact) mass is 212 g/mol. The van der Waals surface area contributed by atoms with Crippen molar-refractivity contribution in [3.05, 3.63) is 22.4 Å². The van der Waals surface area contributed by atoms with E-state index in [1.165, 1.54) is 11.3 Å². The lowest BCUT2D eigenvalue weighted by molar-refractivity contribution is 0.911. The average Bonchev–Trinajstić information content (AvgIpc) is 2.68. The van der Waals surface area contributed by atoms with E-state index in [2.05, 4.69) is 28.0 Å². The molecule has 0 atom stereocenters. The number of halogens is 1. The third kappa shape index (κ3) is 1.25. The molecule has 0 spiro atoms. The largest absolute Gasteiger partial charge is 0.244 e. The first-order valence-corrected chi connectivity index (χ1v) is 4.52. The van der Waals surface area contributed by atoms with E-state index in [0.717, 1.165) is 17.3 Å². The SMILES string of the molecule is CCC1=C(n2cc(Br)cn2)C1. The first-order chi connectivity index (χ1) is 5.31. The van der Waals surface area contributed by atoms with Gasteiger partial charge >= 0.3 is 0 Å². The topological polar surface area (TPSA) is 17.8 Å². The van der Waals surface area contributed by atoms with E-state index in [0.29, 0.717) is 0 Å². The molecule has 1 aromatic heterocycles. The van der Waals surface area contributed by atoms with Crippen LogP contribution in [-0.2, 0) is 0 Å². The van der Waals surface area contributed by atoms with E-state index in [1.54, 1.807) is 0 Å². The zero-order valence-corrected chi connectivity index (χ0v) is 7.93. The highest BCUT2D eigenvalue weighted by Crippen LogP contribution is 2.37. The number of nitrogens with zero attached hydrogens (tertiary/aromatic N) is 2. The molecule has 0 radical (unpaired) electrons. The molecule has 1 aliphatic rings. The van der Waals surface area contributed by atoms with Gasteiger partial charge in [-0.2, -0.15) is 5.10 Å². The Morgan fingerprint density at radius 1 is 1.73 bits per heavy atom. The van der Waals surface area contributed by atoms with Gasteiger partial charge in [-0.15, -0.1) is 0 Å². The first-order valence-electron chi connectivity index (χ1n) is 3.72. The number of hydrogen-bond donors (Lipinski definition) is 0. The maximum absolute atomic E-state index is 4.19. The lowest BCUT2D eigenvalue weighted by atomic mass is 10.4. The highest BCUT2D eigenvalue weighted by molar-refractivity contribution is 9.10. The summed E-state index contributed by atoms with van der Waals surface area (Å²) in [6, 6.07) is 0. The second kappa shape index (κ2) is 2.48. The Balaban J connectivity index is 2.26. The van der Waals surface area contributed by atoms with Crippen molar-refractivity contribution < 1.29 is 0 Å². The van der Waals surface area contributed by atoms with Crippen LogP contribution in [0.5, 0.6) is 0 Å². The van der Waals surface area contributed by atoms with E-state index >= 15 is 0 Å². The van der Waals surface area contributed by atoms with Gasteiger partial charge in [-0.1, -0.05) is 6.92 Å². The molecular weight excluding hydrogens is 204 g/mol. The van der Waals surface area contributed by atoms with Gasteiger partial charge in [-0.25, -0.2) is 4.68 Å². The molecule has 2 nitrogen and oxygen atoms in total. The molecule has 1 aromatic rings. The predicted octanol–water partition coefficient (Wildman–Crippen LogP) is 2.67. The van der Waals surface area contributed by atoms with Crippen LogP contribution in [0.2, 0.25) is 0 Å². The van der Waals surface area contributed by atoms with Gasteiger partial charge in [-0.3, -0.25) is 0 Å². The molecule has 0 saturated heterocycles. The fourth-order valence-corrected chi connectivity index (χ4v) is 1.46. The van der Waals surface area contributed by atoms with Crippen LogP contribution in [0.4, 0.5) is 0 Å². The van der Waals surface area contributed by atoms with E-state index in [1.807, 2.05) is 17.1 Å². The third-order valence-electron chi connectivity index (χ3n) is 1.92. The van der Waals surface area contributed by atoms with Crippen molar-refractivity contribution in [3.8, 4) is 0 Å². The van der Waals surface area contributed by atoms with Gasteiger partial charge in [0, 0.05) is 18.3 Å². The minimum absolute atomic E-state index is 1.05. The summed E-state index contributed by atoms with van der Waals surface area (Å²) >= 11 is 3.36. The molecule has 0 amide bonds. The van der Waals surface area contributed by atoms with Crippen LogP contribution in [0.15, 0.2) is 22.4 Å². The molecule has 3 heteroatoms. The Hall–Kier alpha value is -0.570. The summed E-state index contributed by atoms with van der Waals surface area (Å²) in [5.41, 5.74) is 2.90. The Morgan fingerprint density at radius 3 is 3.00 bits per heavy atom. The smallest absolute Gasteiger partial charge is 0.0636 e. The fraction of sp³-hybridized carbons (Fsp3) is 0.375. The minimum atomic E-state index is 1.05. The van der Waals surface area contributed by atoms with Crippen molar-refractivity contribution in [2.24, 2.45) is 0 Å². The minimum Gasteiger partial charge on any atom is -0.244 e. The zero-order chi connectivity index (χ0) is 7.84. The summed E-state index contributed by atoms with van der Waals surface area (Å²) < 4.78 is 3.00. The third-order valence-corrected chi connectivity index (χ3v) is 2.33. The van der Waals surface area contributed by atoms with Gasteiger partial charge in [0.15, 0.2) is 0 Å². The van der Waals surface area contributed by atoms with Gasteiger partial charge in [0.1, 0.15) is 0 Å². The van der Waals surface area contributed by atoms with Crippen molar-refractivity contribution >= 4 is 21.6 Å². The Morgan fingerprint density at radius 2 is 2.55 bits per heavy atom. The second-order valence-electron chi connectivity index (χ2n) is 2.68. The molecule has 1 heterocycles. The molecule has 11 heavy (non-hydrogen) atoms. The van der Waals surface area contributed by atoms with Crippen LogP contribution in [0.1, 0.15) is 19.8 Å². The van der Waals surface area contributed by atoms with Gasteiger partial charge < -0.3 is 0 Å². The van der Waals surface area contributed by atoms with Gasteiger partial charge in [0.05, 0.1) is 10.7 Å². The number of aromatic nitrogens is 2. The number of allylic oxidation sites excluding steroid dienone is 2. The summed E-state index contributed by atoms with van der Waals surface area (Å²) in [4.78, 5) is 0. The molecule has 0 bridgehead atoms. The summed E-state index contributed by atoms with van der Waals surface area (Å²) in [5.74, 6) is 0. The van der Waals surface area contributed by atoms with Crippen LogP contribution < -0.4 is 0 Å². The lowest BCUT2D eigenvalue weighted by Crippen LogP contribution is -1.86. The molecule has 0 fully saturated rings. The van der Waals surface area contributed by atoms with Crippen LogP contribution >= 0.6 is 15.9 Å². The van der Waals surface area contributed by atoms with Gasteiger partial charge in [0.2, 0.25) is 0 Å². The highest BCUT2D eigenvalue weighted by Gasteiger charge is 2.21. The van der Waals surface area contributed by atoms with E-state index in [-0.39, 0.29) is 0 Å². The van der Waals surface area contributed by atoms with E-state index < -0.39 is 0 Å². The number of hydrogen-bond acceptors (Lipinski definition) is 1. The highest BCUT2D eigenvalue weighted by atomic mass is 79.9. The van der Waals surface area contributed by atoms with Crippen molar-refractivity contribution in [2.75, 3.05) is 0 Å². The second-order valence-corrected chi connectivity index (χ2v) is 3.60. The van der Waals surface area contributed by atoms with Crippen LogP contribution in [0, 0.1) is 0 Å². The van der Waals surface area contributed by atoms with Crippen molar-refractivity contribution in [3.63, 3.8) is 0 Å². The Labute approximate surface area is 74.0 Å². The van der Waals surface area contributed by atoms with Crippen molar-refractivity contribution in [1.82, 2.24) is 9.78 Å². The molecular formula is C8H9BrN2. The molecule has 0 unspecified atom stereocenters. The predicted molar refractivity (Wildman–Crippen MR) is 48.1 cm³/mol. The molecule has 2 rings (SSSR count). The standard InChI is InChI=1S/C8H9BrN2/c1-2-6-3-8(6)11-5-7(9)4-10-11/h4-5H,2-3H2,1H3. The summed E-state index contributed by atoms with van der Waals surface area (Å²) in [6.07, 6.45) is 6.12. The van der Waals surface area contributed by atoms with Gasteiger partial charge in [-0.05, 0) is 27.9 Å². The molecule has 58 valence electrons. The van der Waals surface area contributed by atoms with Gasteiger partial charge in [0.25, 0.3) is 0 Å². The maximum Gasteiger partial charge on any atom is 0.0636 e. The summed E-state index contributed by atoms with van der Waals surface area (Å²) in [5, 5.41) is 4.19.